The second-order valence-corrected chi connectivity index (χ2v) is 16.4. The highest BCUT2D eigenvalue weighted by molar-refractivity contribution is 5.98. The van der Waals surface area contributed by atoms with Crippen molar-refractivity contribution < 1.29 is 43.4 Å². The van der Waals surface area contributed by atoms with E-state index in [0.717, 1.165) is 11.1 Å². The SMILES string of the molecule is C/C=C(\C)[C@H]1OC(=O)[C@@H](C)NC(=O)[C@H](C(C)CC)NC(=O)CN(C)C(=O)[C@@H](Cc2ccccc2)N(C)C(=O)[C@H](C)NC(=O)[C@@H](Cc2ccccc2)NC(=O)/C(C)=C/C[C@H](O)[C@@H]1C. The number of allylic oxidation sites excluding steroid dienone is 1. The number of carbonyl (C=O) groups is 7. The van der Waals surface area contributed by atoms with Crippen molar-refractivity contribution in [3.05, 3.63) is 95.1 Å². The first-order valence-corrected chi connectivity index (χ1v) is 21.3. The van der Waals surface area contributed by atoms with Crippen molar-refractivity contribution in [1.29, 1.82) is 0 Å². The maximum atomic E-state index is 14.2. The lowest BCUT2D eigenvalue weighted by Gasteiger charge is -2.33. The zero-order chi connectivity index (χ0) is 46.3. The Labute approximate surface area is 366 Å². The third kappa shape index (κ3) is 14.4. The van der Waals surface area contributed by atoms with Gasteiger partial charge >= 0.3 is 5.97 Å². The Morgan fingerprint density at radius 2 is 1.39 bits per heavy atom. The van der Waals surface area contributed by atoms with Crippen molar-refractivity contribution in [3.63, 3.8) is 0 Å². The molecule has 9 atom stereocenters. The Bertz CT molecular complexity index is 1940. The number of rotatable bonds is 7. The van der Waals surface area contributed by atoms with Gasteiger partial charge in [-0.15, -0.1) is 0 Å². The van der Waals surface area contributed by atoms with Gasteiger partial charge in [-0.2, -0.15) is 0 Å². The minimum atomic E-state index is -1.15. The zero-order valence-corrected chi connectivity index (χ0v) is 37.8. The van der Waals surface area contributed by atoms with Crippen LogP contribution in [0.3, 0.4) is 0 Å². The molecule has 0 saturated heterocycles. The average molecular weight is 859 g/mol. The number of carbonyl (C=O) groups excluding carboxylic acids is 7. The Hall–Kier alpha value is -5.83. The van der Waals surface area contributed by atoms with Gasteiger partial charge in [-0.25, -0.2) is 4.79 Å². The summed E-state index contributed by atoms with van der Waals surface area (Å²) in [5.41, 5.74) is 2.36. The molecular weight excluding hydrogens is 793 g/mol. The van der Waals surface area contributed by atoms with Gasteiger partial charge in [0.25, 0.3) is 0 Å². The molecule has 15 nitrogen and oxygen atoms in total. The van der Waals surface area contributed by atoms with E-state index in [-0.39, 0.29) is 30.8 Å². The minimum Gasteiger partial charge on any atom is -0.456 e. The molecule has 15 heteroatoms. The molecule has 338 valence electrons. The summed E-state index contributed by atoms with van der Waals surface area (Å²) in [5.74, 6) is -5.45. The number of hydrogen-bond acceptors (Lipinski definition) is 9. The fraction of sp³-hybridized carbons (Fsp3) is 0.511. The van der Waals surface area contributed by atoms with Gasteiger partial charge in [-0.3, -0.25) is 28.8 Å². The second kappa shape index (κ2) is 24.0. The van der Waals surface area contributed by atoms with Crippen molar-refractivity contribution in [2.24, 2.45) is 11.8 Å². The summed E-state index contributed by atoms with van der Waals surface area (Å²) in [6.45, 7) is 12.9. The fourth-order valence-corrected chi connectivity index (χ4v) is 7.04. The van der Waals surface area contributed by atoms with Gasteiger partial charge in [0, 0.05) is 38.4 Å². The lowest BCUT2D eigenvalue weighted by Crippen LogP contribution is -2.58. The number of aliphatic hydroxyl groups excluding tert-OH is 1. The Balaban J connectivity index is 2.07. The minimum absolute atomic E-state index is 0.000482. The van der Waals surface area contributed by atoms with Crippen LogP contribution in [-0.4, -0.2) is 119 Å². The van der Waals surface area contributed by atoms with Gasteiger partial charge in [0.2, 0.25) is 35.4 Å². The van der Waals surface area contributed by atoms with E-state index in [0.29, 0.717) is 12.0 Å². The van der Waals surface area contributed by atoms with E-state index in [9.17, 15) is 38.7 Å². The number of ether oxygens (including phenoxy) is 1. The summed E-state index contributed by atoms with van der Waals surface area (Å²) >= 11 is 0. The number of hydrogen-bond donors (Lipinski definition) is 5. The first kappa shape index (κ1) is 50.5. The number of aliphatic hydroxyl groups is 1. The number of nitrogens with one attached hydrogen (secondary N) is 4. The molecular formula is C47H66N6O9. The third-order valence-electron chi connectivity index (χ3n) is 11.5. The van der Waals surface area contributed by atoms with Crippen LogP contribution >= 0.6 is 0 Å². The van der Waals surface area contributed by atoms with Crippen LogP contribution in [0.25, 0.3) is 0 Å². The highest BCUT2D eigenvalue weighted by atomic mass is 16.5. The number of esters is 1. The van der Waals surface area contributed by atoms with Crippen LogP contribution in [0.1, 0.15) is 79.4 Å². The highest BCUT2D eigenvalue weighted by Crippen LogP contribution is 2.23. The van der Waals surface area contributed by atoms with Crippen LogP contribution in [0.4, 0.5) is 0 Å². The largest absolute Gasteiger partial charge is 0.456 e. The average Bonchev–Trinajstić information content (AvgIpc) is 3.26. The summed E-state index contributed by atoms with van der Waals surface area (Å²) in [7, 11) is 2.87. The van der Waals surface area contributed by atoms with Crippen molar-refractivity contribution in [1.82, 2.24) is 31.1 Å². The highest BCUT2D eigenvalue weighted by Gasteiger charge is 2.36. The van der Waals surface area contributed by atoms with Crippen LogP contribution < -0.4 is 21.3 Å². The lowest BCUT2D eigenvalue weighted by molar-refractivity contribution is -0.155. The molecule has 0 bridgehead atoms. The molecule has 1 aliphatic heterocycles. The number of amides is 6. The summed E-state index contributed by atoms with van der Waals surface area (Å²) in [5, 5.41) is 22.2. The molecule has 2 aromatic rings. The summed E-state index contributed by atoms with van der Waals surface area (Å²) in [4.78, 5) is 99.1. The first-order chi connectivity index (χ1) is 29.3. The molecule has 2 aromatic carbocycles. The summed E-state index contributed by atoms with van der Waals surface area (Å²) in [6, 6.07) is 12.5. The zero-order valence-electron chi connectivity index (χ0n) is 37.8. The molecule has 6 amide bonds. The van der Waals surface area contributed by atoms with Gasteiger partial charge < -0.3 is 40.9 Å². The van der Waals surface area contributed by atoms with Crippen LogP contribution in [-0.2, 0) is 51.1 Å². The molecule has 0 spiro atoms. The van der Waals surface area contributed by atoms with Crippen LogP contribution in [0, 0.1) is 11.8 Å². The van der Waals surface area contributed by atoms with E-state index >= 15 is 0 Å². The monoisotopic (exact) mass is 858 g/mol. The molecule has 0 aromatic heterocycles. The molecule has 0 saturated carbocycles. The molecule has 1 heterocycles. The van der Waals surface area contributed by atoms with Crippen molar-refractivity contribution in [2.45, 2.75) is 123 Å². The van der Waals surface area contributed by atoms with Crippen molar-refractivity contribution in [2.75, 3.05) is 20.6 Å². The number of likely N-dealkylation sites (N-methyl/N-ethyl adjacent to an activating group) is 2. The van der Waals surface area contributed by atoms with Crippen LogP contribution in [0.15, 0.2) is 84.0 Å². The van der Waals surface area contributed by atoms with E-state index in [1.165, 1.54) is 43.8 Å². The third-order valence-corrected chi connectivity index (χ3v) is 11.5. The standard InChI is InChI=1S/C47H66N6O9/c1-11-28(3)40-44(58)49-33(8)47(61)62-41(29(4)12-2)31(6)38(54)24-23-30(5)42(56)50-36(25-34-19-15-13-16-20-34)43(57)48-32(7)45(59)53(10)37(26-35-21-17-14-18-22-35)46(60)52(9)27-39(55)51-40/h12-23,28,31-33,36-38,40-41,54H,11,24-27H2,1-10H3,(H,48,57)(H,49,58)(H,50,56)(H,51,55)/b29-12+,30-23+/t28?,31-,32-,33+,36+,37+,38-,40-,41+/m0/s1. The van der Waals surface area contributed by atoms with Gasteiger partial charge in [0.15, 0.2) is 0 Å². The lowest BCUT2D eigenvalue weighted by atomic mass is 9.90. The van der Waals surface area contributed by atoms with Gasteiger partial charge in [0.05, 0.1) is 12.6 Å². The number of benzene rings is 2. The summed E-state index contributed by atoms with van der Waals surface area (Å²) < 4.78 is 5.90. The van der Waals surface area contributed by atoms with Gasteiger partial charge in [-0.1, -0.05) is 100 Å². The molecule has 1 aliphatic rings. The van der Waals surface area contributed by atoms with Crippen molar-refractivity contribution in [3.8, 4) is 0 Å². The molecule has 3 rings (SSSR count). The molecule has 0 fully saturated rings. The van der Waals surface area contributed by atoms with E-state index < -0.39 is 96.3 Å². The predicted octanol–water partition coefficient (Wildman–Crippen LogP) is 3.01. The topological polar surface area (TPSA) is 204 Å². The smallest absolute Gasteiger partial charge is 0.328 e. The molecule has 0 aliphatic carbocycles. The number of cyclic esters (lactones) is 1. The summed E-state index contributed by atoms with van der Waals surface area (Å²) in [6.07, 6.45) is 1.99. The maximum absolute atomic E-state index is 14.2. The van der Waals surface area contributed by atoms with Gasteiger partial charge in [-0.05, 0) is 63.7 Å². The van der Waals surface area contributed by atoms with E-state index in [1.807, 2.05) is 43.3 Å². The predicted molar refractivity (Wildman–Crippen MR) is 236 cm³/mol. The normalized spacial score (nSPS) is 27.8. The number of nitrogens with zero attached hydrogens (tertiary/aromatic N) is 2. The maximum Gasteiger partial charge on any atom is 0.328 e. The fourth-order valence-electron chi connectivity index (χ4n) is 7.04. The quantitative estimate of drug-likeness (QED) is 0.205. The Morgan fingerprint density at radius 1 is 0.823 bits per heavy atom. The second-order valence-electron chi connectivity index (χ2n) is 16.4. The van der Waals surface area contributed by atoms with E-state index in [1.54, 1.807) is 65.0 Å². The van der Waals surface area contributed by atoms with E-state index in [2.05, 4.69) is 21.3 Å². The van der Waals surface area contributed by atoms with Crippen LogP contribution in [0.5, 0.6) is 0 Å². The Morgan fingerprint density at radius 3 is 1.95 bits per heavy atom. The molecule has 0 radical (unpaired) electrons. The molecule has 5 N–H and O–H groups in total. The van der Waals surface area contributed by atoms with Gasteiger partial charge in [0.1, 0.15) is 36.3 Å². The molecule has 62 heavy (non-hydrogen) atoms. The van der Waals surface area contributed by atoms with Crippen molar-refractivity contribution >= 4 is 41.4 Å². The Kier molecular flexibility index (Phi) is 19.5. The first-order valence-electron chi connectivity index (χ1n) is 21.3. The van der Waals surface area contributed by atoms with E-state index in [4.69, 9.17) is 4.74 Å². The molecule has 1 unspecified atom stereocenters. The van der Waals surface area contributed by atoms with Crippen LogP contribution in [0.2, 0.25) is 0 Å².